The number of hydrogen-bond acceptors (Lipinski definition) is 4. The van der Waals surface area contributed by atoms with Crippen LogP contribution in [0.25, 0.3) is 4.96 Å². The summed E-state index contributed by atoms with van der Waals surface area (Å²) in [6.45, 7) is 4.61. The molecule has 2 N–H and O–H groups in total. The van der Waals surface area contributed by atoms with Gasteiger partial charge in [-0.3, -0.25) is 14.5 Å². The fourth-order valence-corrected chi connectivity index (χ4v) is 3.28. The number of nitrogens with one attached hydrogen (secondary N) is 2. The number of thiazole rings is 1. The number of carbonyl (C=O) groups is 1. The van der Waals surface area contributed by atoms with Crippen LogP contribution in [-0.2, 0) is 4.79 Å². The summed E-state index contributed by atoms with van der Waals surface area (Å²) >= 11 is 1.68. The van der Waals surface area contributed by atoms with Crippen molar-refractivity contribution in [1.82, 2.24) is 20.0 Å². The van der Waals surface area contributed by atoms with Crippen LogP contribution in [0.4, 0.5) is 0 Å². The molecule has 5 nitrogen and oxygen atoms in total. The second-order valence-corrected chi connectivity index (χ2v) is 5.49. The third-order valence-corrected chi connectivity index (χ3v) is 4.13. The van der Waals surface area contributed by atoms with Gasteiger partial charge in [-0.1, -0.05) is 0 Å². The van der Waals surface area contributed by atoms with Gasteiger partial charge < -0.3 is 5.32 Å². The number of fused-ring (bicyclic) bond motifs is 1. The van der Waals surface area contributed by atoms with Crippen molar-refractivity contribution in [2.45, 2.75) is 25.9 Å². The molecule has 1 saturated heterocycles. The molecule has 0 spiro atoms. The first-order valence-corrected chi connectivity index (χ1v) is 6.44. The highest BCUT2D eigenvalue weighted by molar-refractivity contribution is 7.17. The largest absolute Gasteiger partial charge is 0.353 e. The molecular weight excluding hydrogens is 236 g/mol. The van der Waals surface area contributed by atoms with Crippen LogP contribution < -0.4 is 10.6 Å². The minimum atomic E-state index is -0.147. The molecule has 2 atom stereocenters. The lowest BCUT2D eigenvalue weighted by Crippen LogP contribution is -2.53. The second-order valence-electron chi connectivity index (χ2n) is 4.31. The Labute approximate surface area is 103 Å². The molecular formula is C11H14N4OS. The molecule has 0 aliphatic carbocycles. The zero-order chi connectivity index (χ0) is 12.0. The van der Waals surface area contributed by atoms with Gasteiger partial charge >= 0.3 is 0 Å². The number of aromatic nitrogens is 2. The number of imidazole rings is 1. The molecule has 1 aliphatic rings. The summed E-state index contributed by atoms with van der Waals surface area (Å²) < 4.78 is 2.10. The Hall–Kier alpha value is -1.40. The Kier molecular flexibility index (Phi) is 2.41. The molecule has 0 aromatic carbocycles. The van der Waals surface area contributed by atoms with Gasteiger partial charge in [0.15, 0.2) is 4.96 Å². The van der Waals surface area contributed by atoms with Crippen LogP contribution in [0.5, 0.6) is 0 Å². The number of hydrogen-bond donors (Lipinski definition) is 2. The molecule has 6 heteroatoms. The number of carbonyl (C=O) groups excluding carboxylic acids is 1. The summed E-state index contributed by atoms with van der Waals surface area (Å²) in [5.74, 6) is 0.0657. The van der Waals surface area contributed by atoms with Gasteiger partial charge in [-0.15, -0.1) is 11.3 Å². The minimum Gasteiger partial charge on any atom is -0.353 e. The predicted octanol–water partition coefficient (Wildman–Crippen LogP) is 0.853. The van der Waals surface area contributed by atoms with Crippen molar-refractivity contribution < 1.29 is 4.79 Å². The Morgan fingerprint density at radius 2 is 2.41 bits per heavy atom. The molecule has 1 unspecified atom stereocenters. The van der Waals surface area contributed by atoms with Crippen molar-refractivity contribution in [2.75, 3.05) is 6.54 Å². The van der Waals surface area contributed by atoms with Crippen molar-refractivity contribution in [1.29, 1.82) is 0 Å². The molecule has 2 aromatic heterocycles. The van der Waals surface area contributed by atoms with Gasteiger partial charge in [-0.05, 0) is 13.8 Å². The van der Waals surface area contributed by atoms with Gasteiger partial charge in [-0.2, -0.15) is 0 Å². The molecule has 1 amide bonds. The van der Waals surface area contributed by atoms with Gasteiger partial charge in [0.1, 0.15) is 0 Å². The number of piperazine rings is 1. The first-order chi connectivity index (χ1) is 8.16. The topological polar surface area (TPSA) is 58.4 Å². The maximum Gasteiger partial charge on any atom is 0.236 e. The number of nitrogens with zero attached hydrogens (tertiary/aromatic N) is 2. The van der Waals surface area contributed by atoms with Gasteiger partial charge in [-0.25, -0.2) is 4.98 Å². The van der Waals surface area contributed by atoms with Gasteiger partial charge in [0.05, 0.1) is 17.8 Å². The SMILES string of the molecule is Cc1sc2nccn2c1C1CNC(=O)[C@H](C)N1. The summed E-state index contributed by atoms with van der Waals surface area (Å²) in [4.78, 5) is 18.0. The zero-order valence-corrected chi connectivity index (χ0v) is 10.5. The lowest BCUT2D eigenvalue weighted by molar-refractivity contribution is -0.124. The molecule has 90 valence electrons. The number of rotatable bonds is 1. The summed E-state index contributed by atoms with van der Waals surface area (Å²) in [5, 5.41) is 6.26. The quantitative estimate of drug-likeness (QED) is 0.789. The summed E-state index contributed by atoms with van der Waals surface area (Å²) in [5.41, 5.74) is 1.20. The van der Waals surface area contributed by atoms with Crippen molar-refractivity contribution in [3.63, 3.8) is 0 Å². The van der Waals surface area contributed by atoms with Crippen LogP contribution in [0, 0.1) is 6.92 Å². The molecule has 0 saturated carbocycles. The Balaban J connectivity index is 2.00. The lowest BCUT2D eigenvalue weighted by atomic mass is 10.1. The monoisotopic (exact) mass is 250 g/mol. The van der Waals surface area contributed by atoms with Crippen LogP contribution in [0.1, 0.15) is 23.5 Å². The first-order valence-electron chi connectivity index (χ1n) is 5.63. The third-order valence-electron chi connectivity index (χ3n) is 3.13. The Morgan fingerprint density at radius 1 is 1.59 bits per heavy atom. The molecule has 1 fully saturated rings. The van der Waals surface area contributed by atoms with Crippen LogP contribution >= 0.6 is 11.3 Å². The van der Waals surface area contributed by atoms with E-state index in [2.05, 4.69) is 26.9 Å². The Bertz CT molecular complexity index is 573. The molecule has 0 radical (unpaired) electrons. The first kappa shape index (κ1) is 10.7. The molecule has 2 aromatic rings. The summed E-state index contributed by atoms with van der Waals surface area (Å²) in [6, 6.07) is 0.0114. The fourth-order valence-electron chi connectivity index (χ4n) is 2.29. The maximum absolute atomic E-state index is 11.4. The standard InChI is InChI=1S/C11H14N4OS/c1-6-10(16)13-5-8(14-6)9-7(2)17-11-12-3-4-15(9)11/h3-4,6,8,14H,5H2,1-2H3,(H,13,16)/t6-,8?/m0/s1. The highest BCUT2D eigenvalue weighted by atomic mass is 32.1. The van der Waals surface area contributed by atoms with Crippen LogP contribution in [0.15, 0.2) is 12.4 Å². The van der Waals surface area contributed by atoms with Gasteiger partial charge in [0, 0.05) is 23.8 Å². The van der Waals surface area contributed by atoms with E-state index in [1.807, 2.05) is 13.1 Å². The van der Waals surface area contributed by atoms with E-state index in [9.17, 15) is 4.79 Å². The highest BCUT2D eigenvalue weighted by Gasteiger charge is 2.28. The number of aryl methyl sites for hydroxylation is 1. The molecule has 1 aliphatic heterocycles. The van der Waals surface area contributed by atoms with E-state index in [0.717, 1.165) is 4.96 Å². The van der Waals surface area contributed by atoms with Crippen LogP contribution in [0.2, 0.25) is 0 Å². The molecule has 0 bridgehead atoms. The predicted molar refractivity (Wildman–Crippen MR) is 66.2 cm³/mol. The van der Waals surface area contributed by atoms with Crippen molar-refractivity contribution in [2.24, 2.45) is 0 Å². The van der Waals surface area contributed by atoms with E-state index in [-0.39, 0.29) is 18.0 Å². The van der Waals surface area contributed by atoms with Crippen LogP contribution in [0.3, 0.4) is 0 Å². The average Bonchev–Trinajstić information content (AvgIpc) is 2.82. The van der Waals surface area contributed by atoms with E-state index in [0.29, 0.717) is 6.54 Å². The van der Waals surface area contributed by atoms with E-state index >= 15 is 0 Å². The van der Waals surface area contributed by atoms with Crippen LogP contribution in [-0.4, -0.2) is 27.9 Å². The maximum atomic E-state index is 11.4. The van der Waals surface area contributed by atoms with Crippen molar-refractivity contribution in [3.05, 3.63) is 23.0 Å². The normalized spacial score (nSPS) is 25.2. The second kappa shape index (κ2) is 3.82. The minimum absolute atomic E-state index is 0.0657. The summed E-state index contributed by atoms with van der Waals surface area (Å²) in [6.07, 6.45) is 3.77. The van der Waals surface area contributed by atoms with Gasteiger partial charge in [0.2, 0.25) is 5.91 Å². The smallest absolute Gasteiger partial charge is 0.236 e. The van der Waals surface area contributed by atoms with Crippen molar-refractivity contribution in [3.8, 4) is 0 Å². The molecule has 3 rings (SSSR count). The Morgan fingerprint density at radius 3 is 3.18 bits per heavy atom. The van der Waals surface area contributed by atoms with E-state index in [1.165, 1.54) is 10.6 Å². The molecule has 17 heavy (non-hydrogen) atoms. The van der Waals surface area contributed by atoms with Crippen molar-refractivity contribution >= 4 is 22.2 Å². The molecule has 3 heterocycles. The van der Waals surface area contributed by atoms with Gasteiger partial charge in [0.25, 0.3) is 0 Å². The van der Waals surface area contributed by atoms with E-state index in [1.54, 1.807) is 17.5 Å². The number of amides is 1. The van der Waals surface area contributed by atoms with E-state index < -0.39 is 0 Å². The average molecular weight is 250 g/mol. The fraction of sp³-hybridized carbons (Fsp3) is 0.455. The zero-order valence-electron chi connectivity index (χ0n) is 9.73. The van der Waals surface area contributed by atoms with E-state index in [4.69, 9.17) is 0 Å². The third kappa shape index (κ3) is 1.64. The highest BCUT2D eigenvalue weighted by Crippen LogP contribution is 2.27. The summed E-state index contributed by atoms with van der Waals surface area (Å²) in [7, 11) is 0. The lowest BCUT2D eigenvalue weighted by Gasteiger charge is -2.29.